The van der Waals surface area contributed by atoms with Crippen LogP contribution in [0.1, 0.15) is 22.4 Å². The molecule has 4 rings (SSSR count). The SMILES string of the molecule is Cc1c(C)n(Cc2ccccc2)c2c(SCc3ccc(Cl)cc3)nccc12.Cl. The van der Waals surface area contributed by atoms with Gasteiger partial charge in [0, 0.05) is 34.6 Å². The van der Waals surface area contributed by atoms with Crippen LogP contribution < -0.4 is 0 Å². The van der Waals surface area contributed by atoms with Crippen molar-refractivity contribution >= 4 is 46.7 Å². The van der Waals surface area contributed by atoms with Gasteiger partial charge in [0.05, 0.1) is 5.52 Å². The number of hydrogen-bond acceptors (Lipinski definition) is 2. The van der Waals surface area contributed by atoms with Crippen molar-refractivity contribution in [1.29, 1.82) is 0 Å². The van der Waals surface area contributed by atoms with E-state index in [4.69, 9.17) is 16.6 Å². The fourth-order valence-corrected chi connectivity index (χ4v) is 4.48. The van der Waals surface area contributed by atoms with Gasteiger partial charge in [0.1, 0.15) is 5.03 Å². The van der Waals surface area contributed by atoms with E-state index in [1.807, 2.05) is 18.3 Å². The highest BCUT2D eigenvalue weighted by molar-refractivity contribution is 7.98. The number of thioether (sulfide) groups is 1. The molecule has 0 aliphatic heterocycles. The molecule has 0 radical (unpaired) electrons. The molecule has 0 amide bonds. The largest absolute Gasteiger partial charge is 0.338 e. The second-order valence-corrected chi connectivity index (χ2v) is 8.11. The number of aromatic nitrogens is 2. The van der Waals surface area contributed by atoms with Gasteiger partial charge in [-0.3, -0.25) is 0 Å². The fourth-order valence-electron chi connectivity index (χ4n) is 3.36. The van der Waals surface area contributed by atoms with Crippen molar-refractivity contribution in [1.82, 2.24) is 9.55 Å². The van der Waals surface area contributed by atoms with Gasteiger partial charge in [-0.2, -0.15) is 0 Å². The monoisotopic (exact) mass is 428 g/mol. The van der Waals surface area contributed by atoms with Gasteiger partial charge in [-0.05, 0) is 48.7 Å². The first-order chi connectivity index (χ1) is 13.1. The number of halogens is 2. The molecule has 0 aliphatic rings. The van der Waals surface area contributed by atoms with E-state index >= 15 is 0 Å². The zero-order valence-corrected chi connectivity index (χ0v) is 18.2. The van der Waals surface area contributed by atoms with Crippen molar-refractivity contribution in [2.75, 3.05) is 0 Å². The molecular formula is C23H22Cl2N2S. The van der Waals surface area contributed by atoms with E-state index in [0.29, 0.717) is 0 Å². The number of nitrogens with zero attached hydrogens (tertiary/aromatic N) is 2. The topological polar surface area (TPSA) is 17.8 Å². The average molecular weight is 429 g/mol. The molecule has 0 fully saturated rings. The smallest absolute Gasteiger partial charge is 0.121 e. The summed E-state index contributed by atoms with van der Waals surface area (Å²) in [5, 5.41) is 3.14. The highest BCUT2D eigenvalue weighted by Gasteiger charge is 2.16. The van der Waals surface area contributed by atoms with Gasteiger partial charge in [0.25, 0.3) is 0 Å². The van der Waals surface area contributed by atoms with Crippen molar-refractivity contribution in [3.63, 3.8) is 0 Å². The summed E-state index contributed by atoms with van der Waals surface area (Å²) < 4.78 is 2.40. The van der Waals surface area contributed by atoms with Crippen LogP contribution >= 0.6 is 35.8 Å². The lowest BCUT2D eigenvalue weighted by Gasteiger charge is -2.11. The lowest BCUT2D eigenvalue weighted by atomic mass is 10.2. The molecule has 0 N–H and O–H groups in total. The van der Waals surface area contributed by atoms with Gasteiger partial charge in [-0.15, -0.1) is 12.4 Å². The third kappa shape index (κ3) is 4.22. The zero-order valence-electron chi connectivity index (χ0n) is 15.9. The minimum atomic E-state index is 0. The quantitative estimate of drug-likeness (QED) is 0.316. The standard InChI is InChI=1S/C23H21ClN2S.ClH/c1-16-17(2)26(14-18-6-4-3-5-7-18)22-21(16)12-13-25-23(22)27-15-19-8-10-20(24)11-9-19;/h3-13H,14-15H2,1-2H3;1H. The fraction of sp³-hybridized carbons (Fsp3) is 0.174. The molecule has 28 heavy (non-hydrogen) atoms. The number of pyridine rings is 1. The predicted octanol–water partition coefficient (Wildman–Crippen LogP) is 7.07. The second kappa shape index (κ2) is 9.04. The summed E-state index contributed by atoms with van der Waals surface area (Å²) in [4.78, 5) is 4.71. The van der Waals surface area contributed by atoms with Gasteiger partial charge in [-0.1, -0.05) is 65.8 Å². The van der Waals surface area contributed by atoms with E-state index in [0.717, 1.165) is 22.3 Å². The lowest BCUT2D eigenvalue weighted by Crippen LogP contribution is -2.03. The molecule has 2 heterocycles. The Kier molecular flexibility index (Phi) is 6.71. The highest BCUT2D eigenvalue weighted by Crippen LogP contribution is 2.34. The molecule has 0 saturated heterocycles. The second-order valence-electron chi connectivity index (χ2n) is 6.71. The van der Waals surface area contributed by atoms with Crippen LogP contribution in [0, 0.1) is 13.8 Å². The van der Waals surface area contributed by atoms with E-state index in [2.05, 4.69) is 66.9 Å². The molecule has 2 nitrogen and oxygen atoms in total. The maximum Gasteiger partial charge on any atom is 0.121 e. The number of benzene rings is 2. The molecule has 0 aliphatic carbocycles. The summed E-state index contributed by atoms with van der Waals surface area (Å²) >= 11 is 7.78. The van der Waals surface area contributed by atoms with Crippen molar-refractivity contribution in [3.8, 4) is 0 Å². The van der Waals surface area contributed by atoms with Crippen LogP contribution in [-0.4, -0.2) is 9.55 Å². The summed E-state index contributed by atoms with van der Waals surface area (Å²) in [5.74, 6) is 0.873. The Hall–Kier alpha value is -1.94. The number of fused-ring (bicyclic) bond motifs is 1. The van der Waals surface area contributed by atoms with E-state index in [-0.39, 0.29) is 12.4 Å². The number of rotatable bonds is 5. The van der Waals surface area contributed by atoms with Gasteiger partial charge in [0.2, 0.25) is 0 Å². The minimum Gasteiger partial charge on any atom is -0.338 e. The third-order valence-electron chi connectivity index (χ3n) is 4.98. The molecule has 144 valence electrons. The number of hydrogen-bond donors (Lipinski definition) is 0. The average Bonchev–Trinajstić information content (AvgIpc) is 2.94. The molecule has 0 spiro atoms. The normalized spacial score (nSPS) is 10.8. The van der Waals surface area contributed by atoms with E-state index in [1.54, 1.807) is 11.8 Å². The maximum atomic E-state index is 6.00. The maximum absolute atomic E-state index is 6.00. The molecule has 0 bridgehead atoms. The van der Waals surface area contributed by atoms with Gasteiger partial charge in [-0.25, -0.2) is 4.98 Å². The van der Waals surface area contributed by atoms with Crippen LogP contribution in [0.25, 0.3) is 10.9 Å². The Bertz CT molecular complexity index is 1070. The van der Waals surface area contributed by atoms with Crippen molar-refractivity contribution in [3.05, 3.63) is 94.3 Å². The molecule has 2 aromatic carbocycles. The summed E-state index contributed by atoms with van der Waals surface area (Å²) in [5.41, 5.74) is 6.41. The molecule has 0 unspecified atom stereocenters. The van der Waals surface area contributed by atoms with Crippen molar-refractivity contribution < 1.29 is 0 Å². The number of aryl methyl sites for hydroxylation is 1. The molecule has 2 aromatic heterocycles. The van der Waals surface area contributed by atoms with Crippen molar-refractivity contribution in [2.24, 2.45) is 0 Å². The van der Waals surface area contributed by atoms with Crippen LogP contribution in [0.15, 0.2) is 71.9 Å². The lowest BCUT2D eigenvalue weighted by molar-refractivity contribution is 0.791. The Labute approximate surface area is 181 Å². The van der Waals surface area contributed by atoms with Crippen LogP contribution in [0.2, 0.25) is 5.02 Å². The molecule has 4 aromatic rings. The summed E-state index contributed by atoms with van der Waals surface area (Å²) in [6.45, 7) is 5.26. The zero-order chi connectivity index (χ0) is 18.8. The first-order valence-electron chi connectivity index (χ1n) is 8.99. The molecule has 0 atom stereocenters. The van der Waals surface area contributed by atoms with Crippen LogP contribution in [0.5, 0.6) is 0 Å². The van der Waals surface area contributed by atoms with Crippen LogP contribution in [-0.2, 0) is 12.3 Å². The van der Waals surface area contributed by atoms with E-state index < -0.39 is 0 Å². The van der Waals surface area contributed by atoms with E-state index in [9.17, 15) is 0 Å². The summed E-state index contributed by atoms with van der Waals surface area (Å²) in [6, 6.07) is 20.8. The van der Waals surface area contributed by atoms with Gasteiger partial charge >= 0.3 is 0 Å². The summed E-state index contributed by atoms with van der Waals surface area (Å²) in [6.07, 6.45) is 1.92. The minimum absolute atomic E-state index is 0. The Morgan fingerprint density at radius 3 is 2.36 bits per heavy atom. The Morgan fingerprint density at radius 2 is 1.64 bits per heavy atom. The summed E-state index contributed by atoms with van der Waals surface area (Å²) in [7, 11) is 0. The Balaban J connectivity index is 0.00000225. The van der Waals surface area contributed by atoms with Crippen LogP contribution in [0.3, 0.4) is 0 Å². The van der Waals surface area contributed by atoms with Gasteiger partial charge < -0.3 is 4.57 Å². The Morgan fingerprint density at radius 1 is 0.929 bits per heavy atom. The third-order valence-corrected chi connectivity index (χ3v) is 6.29. The van der Waals surface area contributed by atoms with E-state index in [1.165, 1.54) is 33.3 Å². The van der Waals surface area contributed by atoms with Crippen molar-refractivity contribution in [2.45, 2.75) is 31.2 Å². The van der Waals surface area contributed by atoms with Crippen LogP contribution in [0.4, 0.5) is 0 Å². The molecule has 5 heteroatoms. The van der Waals surface area contributed by atoms with Gasteiger partial charge in [0.15, 0.2) is 0 Å². The molecule has 0 saturated carbocycles. The molecular weight excluding hydrogens is 407 g/mol. The predicted molar refractivity (Wildman–Crippen MR) is 123 cm³/mol. The highest BCUT2D eigenvalue weighted by atomic mass is 35.5. The first kappa shape index (κ1) is 20.8. The first-order valence-corrected chi connectivity index (χ1v) is 10.4.